The Morgan fingerprint density at radius 3 is 2.17 bits per heavy atom. The maximum Gasteiger partial charge on any atom is 0.345 e. The molecule has 0 fully saturated rings. The summed E-state index contributed by atoms with van der Waals surface area (Å²) >= 11 is 6.01. The van der Waals surface area contributed by atoms with Gasteiger partial charge < -0.3 is 4.74 Å². The minimum absolute atomic E-state index is 0.123. The molecular weight excluding hydrogens is 384 g/mol. The van der Waals surface area contributed by atoms with Gasteiger partial charge in [-0.1, -0.05) is 67.9 Å². The number of allylic oxidation sites excluding steroid dienone is 1. The summed E-state index contributed by atoms with van der Waals surface area (Å²) in [6.45, 7) is 4.29. The highest BCUT2D eigenvalue weighted by Crippen LogP contribution is 2.20. The first-order chi connectivity index (χ1) is 13.9. The summed E-state index contributed by atoms with van der Waals surface area (Å²) in [6.07, 6.45) is 3.33. The van der Waals surface area contributed by atoms with Crippen molar-refractivity contribution in [2.45, 2.75) is 19.8 Å². The number of ketones is 1. The van der Waals surface area contributed by atoms with E-state index in [2.05, 4.69) is 26.0 Å². The Hall–Kier alpha value is -3.17. The SMILES string of the molecule is CC(C)c1ccc(C=CC(=O)c2ccc(OC(=O)c3ccccc3Cl)cc2)cc1. The van der Waals surface area contributed by atoms with E-state index in [1.165, 1.54) is 11.6 Å². The fourth-order valence-electron chi connectivity index (χ4n) is 2.74. The number of hydrogen-bond donors (Lipinski definition) is 0. The van der Waals surface area contributed by atoms with Crippen LogP contribution in [-0.2, 0) is 0 Å². The molecule has 0 N–H and O–H groups in total. The summed E-state index contributed by atoms with van der Waals surface area (Å²) in [5.41, 5.74) is 3.03. The summed E-state index contributed by atoms with van der Waals surface area (Å²) in [4.78, 5) is 24.6. The summed E-state index contributed by atoms with van der Waals surface area (Å²) in [5, 5.41) is 0.330. The van der Waals surface area contributed by atoms with Crippen LogP contribution in [0.25, 0.3) is 6.08 Å². The third-order valence-electron chi connectivity index (χ3n) is 4.47. The summed E-state index contributed by atoms with van der Waals surface area (Å²) in [6, 6.07) is 21.2. The van der Waals surface area contributed by atoms with E-state index >= 15 is 0 Å². The van der Waals surface area contributed by atoms with Crippen molar-refractivity contribution in [3.8, 4) is 5.75 Å². The van der Waals surface area contributed by atoms with Crippen LogP contribution in [0.1, 0.15) is 51.6 Å². The summed E-state index contributed by atoms with van der Waals surface area (Å²) < 4.78 is 5.32. The van der Waals surface area contributed by atoms with E-state index in [0.717, 1.165) is 5.56 Å². The second-order valence-corrected chi connectivity index (χ2v) is 7.32. The average Bonchev–Trinajstić information content (AvgIpc) is 2.73. The van der Waals surface area contributed by atoms with Gasteiger partial charge >= 0.3 is 5.97 Å². The average molecular weight is 405 g/mol. The van der Waals surface area contributed by atoms with Crippen molar-refractivity contribution in [2.75, 3.05) is 0 Å². The van der Waals surface area contributed by atoms with Crippen LogP contribution in [-0.4, -0.2) is 11.8 Å². The highest BCUT2D eigenvalue weighted by atomic mass is 35.5. The van der Waals surface area contributed by atoms with E-state index in [0.29, 0.717) is 27.8 Å². The monoisotopic (exact) mass is 404 g/mol. The fraction of sp³-hybridized carbons (Fsp3) is 0.120. The molecular formula is C25H21ClO3. The molecule has 0 aliphatic heterocycles. The van der Waals surface area contributed by atoms with Crippen molar-refractivity contribution in [1.82, 2.24) is 0 Å². The normalized spacial score (nSPS) is 11.0. The lowest BCUT2D eigenvalue weighted by Crippen LogP contribution is -2.09. The lowest BCUT2D eigenvalue weighted by molar-refractivity contribution is 0.0735. The van der Waals surface area contributed by atoms with Gasteiger partial charge in [-0.3, -0.25) is 4.79 Å². The molecule has 0 spiro atoms. The number of rotatable bonds is 6. The zero-order valence-electron chi connectivity index (χ0n) is 16.3. The number of hydrogen-bond acceptors (Lipinski definition) is 3. The molecule has 3 aromatic rings. The Bertz CT molecular complexity index is 1030. The molecule has 146 valence electrons. The lowest BCUT2D eigenvalue weighted by Gasteiger charge is -2.06. The Kier molecular flexibility index (Phi) is 6.63. The molecule has 0 atom stereocenters. The Labute approximate surface area is 175 Å². The van der Waals surface area contributed by atoms with Crippen LogP contribution in [0.5, 0.6) is 5.75 Å². The van der Waals surface area contributed by atoms with Crippen LogP contribution in [0.4, 0.5) is 0 Å². The highest BCUT2D eigenvalue weighted by Gasteiger charge is 2.12. The van der Waals surface area contributed by atoms with Gasteiger partial charge in [-0.05, 0) is 59.5 Å². The van der Waals surface area contributed by atoms with Crippen molar-refractivity contribution < 1.29 is 14.3 Å². The minimum atomic E-state index is -0.542. The predicted molar refractivity (Wildman–Crippen MR) is 117 cm³/mol. The second kappa shape index (κ2) is 9.35. The van der Waals surface area contributed by atoms with Crippen LogP contribution in [0.2, 0.25) is 5.02 Å². The van der Waals surface area contributed by atoms with Crippen molar-refractivity contribution in [3.05, 3.63) is 106 Å². The van der Waals surface area contributed by atoms with Gasteiger partial charge in [0.15, 0.2) is 5.78 Å². The molecule has 0 heterocycles. The Morgan fingerprint density at radius 1 is 0.897 bits per heavy atom. The first-order valence-electron chi connectivity index (χ1n) is 9.33. The lowest BCUT2D eigenvalue weighted by atomic mass is 10.0. The van der Waals surface area contributed by atoms with Crippen LogP contribution in [0, 0.1) is 0 Å². The molecule has 0 bridgehead atoms. The third kappa shape index (κ3) is 5.43. The molecule has 3 rings (SSSR count). The van der Waals surface area contributed by atoms with Crippen LogP contribution < -0.4 is 4.74 Å². The van der Waals surface area contributed by atoms with E-state index in [-0.39, 0.29) is 5.78 Å². The van der Waals surface area contributed by atoms with Gasteiger partial charge in [0.1, 0.15) is 5.75 Å². The molecule has 0 amide bonds. The molecule has 0 unspecified atom stereocenters. The number of ether oxygens (including phenoxy) is 1. The van der Waals surface area contributed by atoms with E-state index in [9.17, 15) is 9.59 Å². The Balaban J connectivity index is 1.64. The van der Waals surface area contributed by atoms with Gasteiger partial charge in [-0.25, -0.2) is 4.79 Å². The standard InChI is InChI=1S/C25H21ClO3/c1-17(2)19-10-7-18(8-11-19)9-16-24(27)20-12-14-21(15-13-20)29-25(28)22-5-3-4-6-23(22)26/h3-17H,1-2H3. The third-order valence-corrected chi connectivity index (χ3v) is 4.80. The summed E-state index contributed by atoms with van der Waals surface area (Å²) in [5.74, 6) is 0.154. The van der Waals surface area contributed by atoms with E-state index < -0.39 is 5.97 Å². The van der Waals surface area contributed by atoms with Crippen molar-refractivity contribution >= 4 is 29.4 Å². The van der Waals surface area contributed by atoms with Crippen molar-refractivity contribution in [3.63, 3.8) is 0 Å². The molecule has 29 heavy (non-hydrogen) atoms. The van der Waals surface area contributed by atoms with Gasteiger partial charge in [0.2, 0.25) is 0 Å². The van der Waals surface area contributed by atoms with E-state index in [1.807, 2.05) is 12.1 Å². The number of benzene rings is 3. The number of carbonyl (C=O) groups is 2. The molecule has 0 saturated carbocycles. The molecule has 0 aliphatic rings. The second-order valence-electron chi connectivity index (χ2n) is 6.91. The molecule has 3 nitrogen and oxygen atoms in total. The van der Waals surface area contributed by atoms with Gasteiger partial charge in [-0.2, -0.15) is 0 Å². The van der Waals surface area contributed by atoms with Crippen LogP contribution >= 0.6 is 11.6 Å². The molecule has 0 radical (unpaired) electrons. The molecule has 0 aromatic heterocycles. The summed E-state index contributed by atoms with van der Waals surface area (Å²) in [7, 11) is 0. The van der Waals surface area contributed by atoms with E-state index in [4.69, 9.17) is 16.3 Å². The Morgan fingerprint density at radius 2 is 1.55 bits per heavy atom. The predicted octanol–water partition coefficient (Wildman–Crippen LogP) is 6.58. The van der Waals surface area contributed by atoms with Crippen LogP contribution in [0.15, 0.2) is 78.9 Å². The quantitative estimate of drug-likeness (QED) is 0.202. The van der Waals surface area contributed by atoms with Gasteiger partial charge in [0.05, 0.1) is 10.6 Å². The number of carbonyl (C=O) groups excluding carboxylic acids is 2. The van der Waals surface area contributed by atoms with Gasteiger partial charge in [-0.15, -0.1) is 0 Å². The van der Waals surface area contributed by atoms with E-state index in [1.54, 1.807) is 54.6 Å². The highest BCUT2D eigenvalue weighted by molar-refractivity contribution is 6.33. The van der Waals surface area contributed by atoms with Gasteiger partial charge in [0, 0.05) is 5.56 Å². The number of esters is 1. The largest absolute Gasteiger partial charge is 0.423 e. The first kappa shape index (κ1) is 20.6. The first-order valence-corrected chi connectivity index (χ1v) is 9.71. The van der Waals surface area contributed by atoms with Crippen molar-refractivity contribution in [2.24, 2.45) is 0 Å². The minimum Gasteiger partial charge on any atom is -0.423 e. The molecule has 0 saturated heterocycles. The zero-order valence-corrected chi connectivity index (χ0v) is 17.0. The molecule has 3 aromatic carbocycles. The maximum atomic E-state index is 12.4. The fourth-order valence-corrected chi connectivity index (χ4v) is 2.95. The number of halogens is 1. The maximum absolute atomic E-state index is 12.4. The van der Waals surface area contributed by atoms with Gasteiger partial charge in [0.25, 0.3) is 0 Å². The molecule has 4 heteroatoms. The van der Waals surface area contributed by atoms with Crippen molar-refractivity contribution in [1.29, 1.82) is 0 Å². The smallest absolute Gasteiger partial charge is 0.345 e. The topological polar surface area (TPSA) is 43.4 Å². The zero-order chi connectivity index (χ0) is 20.8. The van der Waals surface area contributed by atoms with Crippen LogP contribution in [0.3, 0.4) is 0 Å². The molecule has 0 aliphatic carbocycles.